The van der Waals surface area contributed by atoms with E-state index < -0.39 is 0 Å². The van der Waals surface area contributed by atoms with Crippen LogP contribution in [0.4, 0.5) is 0 Å². The van der Waals surface area contributed by atoms with E-state index in [1.807, 2.05) is 47.8 Å². The van der Waals surface area contributed by atoms with Gasteiger partial charge in [0, 0.05) is 64.7 Å². The predicted octanol–water partition coefficient (Wildman–Crippen LogP) is 11.8. The molecule has 3 aliphatic heterocycles. The van der Waals surface area contributed by atoms with Crippen LogP contribution in [0.15, 0.2) is 184 Å². The first-order chi connectivity index (χ1) is 30.6. The molecule has 1 unspecified atom stereocenters. The van der Waals surface area contributed by atoms with Gasteiger partial charge in [-0.15, -0.1) is 23.5 Å². The highest BCUT2D eigenvalue weighted by Gasteiger charge is 2.42. The van der Waals surface area contributed by atoms with E-state index in [2.05, 4.69) is 173 Å². The van der Waals surface area contributed by atoms with Crippen molar-refractivity contribution in [3.63, 3.8) is 0 Å². The van der Waals surface area contributed by atoms with Gasteiger partial charge in [0.2, 0.25) is 0 Å². The number of thioether (sulfide) groups is 2. The molecule has 5 nitrogen and oxygen atoms in total. The molecule has 0 radical (unpaired) electrons. The SMILES string of the molecule is CSc1ccc2c(c1)c1cc(SC)cc3c1n2B1c2c(cc(-c4cccc(C5N=C(c6ccccc6)N=C(c6ccccc6)N5)c4)c(C)c2-3)-n2c3ccccc3c3cccc1c32. The van der Waals surface area contributed by atoms with Gasteiger partial charge < -0.3 is 14.4 Å². The maximum atomic E-state index is 5.27. The molecule has 1 N–H and O–H groups in total. The van der Waals surface area contributed by atoms with Gasteiger partial charge >= 0.3 is 6.85 Å². The summed E-state index contributed by atoms with van der Waals surface area (Å²) >= 11 is 3.63. The van der Waals surface area contributed by atoms with Crippen LogP contribution < -0.4 is 16.2 Å². The van der Waals surface area contributed by atoms with Crippen LogP contribution >= 0.6 is 23.5 Å². The number of aliphatic imine (C=N–C) groups is 2. The molecule has 0 bridgehead atoms. The number of nitrogens with zero attached hydrogens (tertiary/aromatic N) is 4. The summed E-state index contributed by atoms with van der Waals surface area (Å²) in [6.07, 6.45) is 4.04. The van der Waals surface area contributed by atoms with E-state index in [9.17, 15) is 0 Å². The molecule has 0 saturated heterocycles. The van der Waals surface area contributed by atoms with E-state index in [4.69, 9.17) is 9.98 Å². The summed E-state index contributed by atoms with van der Waals surface area (Å²) in [7, 11) is 0. The van der Waals surface area contributed by atoms with Gasteiger partial charge in [0.1, 0.15) is 12.0 Å². The Balaban J connectivity index is 1.09. The molecule has 0 fully saturated rings. The lowest BCUT2D eigenvalue weighted by atomic mass is 9.45. The van der Waals surface area contributed by atoms with Gasteiger partial charge in [-0.05, 0) is 107 Å². The monoisotopic (exact) mass is 831 g/mol. The van der Waals surface area contributed by atoms with Crippen molar-refractivity contribution in [2.45, 2.75) is 22.9 Å². The van der Waals surface area contributed by atoms with E-state index in [1.165, 1.54) is 92.3 Å². The van der Waals surface area contributed by atoms with Crippen molar-refractivity contribution in [1.29, 1.82) is 0 Å². The summed E-state index contributed by atoms with van der Waals surface area (Å²) in [6.45, 7) is 2.35. The topological polar surface area (TPSA) is 46.6 Å². The summed E-state index contributed by atoms with van der Waals surface area (Å²) in [4.78, 5) is 12.9. The largest absolute Gasteiger partial charge is 0.375 e. The lowest BCUT2D eigenvalue weighted by molar-refractivity contribution is 0.674. The van der Waals surface area contributed by atoms with Crippen molar-refractivity contribution >= 4 is 96.6 Å². The summed E-state index contributed by atoms with van der Waals surface area (Å²) in [5.74, 6) is 1.54. The summed E-state index contributed by atoms with van der Waals surface area (Å²) in [5.41, 5.74) is 18.5. The Bertz CT molecular complexity index is 3600. The second kappa shape index (κ2) is 13.6. The minimum Gasteiger partial charge on any atom is -0.375 e. The average Bonchev–Trinajstić information content (AvgIpc) is 3.85. The molecule has 5 heterocycles. The second-order valence-electron chi connectivity index (χ2n) is 16.5. The smallest absolute Gasteiger partial charge is 0.333 e. The quantitative estimate of drug-likeness (QED) is 0.134. The number of amidine groups is 2. The number of aromatic nitrogens is 2. The van der Waals surface area contributed by atoms with Crippen LogP contribution in [-0.4, -0.2) is 40.1 Å². The Morgan fingerprint density at radius 1 is 0.581 bits per heavy atom. The van der Waals surface area contributed by atoms with Gasteiger partial charge in [0.15, 0.2) is 5.84 Å². The third kappa shape index (κ3) is 5.08. The van der Waals surface area contributed by atoms with Crippen molar-refractivity contribution < 1.29 is 0 Å². The first-order valence-corrected chi connectivity index (χ1v) is 23.6. The zero-order valence-electron chi connectivity index (χ0n) is 34.3. The molecule has 0 spiro atoms. The molecule has 8 heteroatoms. The van der Waals surface area contributed by atoms with Crippen molar-refractivity contribution in [1.82, 2.24) is 14.4 Å². The standard InChI is InChI=1S/C54H38BN5S2/c1-31-40(34-18-12-19-35(26-34)54-57-52(32-14-6-4-7-15-32)56-53(58-54)33-16-8-5-9-17-33)30-47-49-48(31)43-29-37(62-3)28-42-41-27-36(61-2)24-25-46(41)60(50(42)43)55(49)44-22-13-21-39-38-20-10-11-23-45(38)59(47)51(39)44/h4-30,54H,1-3H3,(H,56,57,58). The molecule has 294 valence electrons. The van der Waals surface area contributed by atoms with Crippen LogP contribution in [0.2, 0.25) is 0 Å². The Morgan fingerprint density at radius 2 is 1.31 bits per heavy atom. The molecular formula is C54H38BN5S2. The number of benzene rings is 8. The maximum Gasteiger partial charge on any atom is 0.333 e. The fourth-order valence-corrected chi connectivity index (χ4v) is 11.5. The van der Waals surface area contributed by atoms with Gasteiger partial charge in [-0.25, -0.2) is 9.98 Å². The van der Waals surface area contributed by atoms with Gasteiger partial charge in [-0.3, -0.25) is 0 Å². The number of nitrogens with one attached hydrogen (secondary N) is 1. The van der Waals surface area contributed by atoms with E-state index >= 15 is 0 Å². The van der Waals surface area contributed by atoms with Crippen LogP contribution in [0.25, 0.3) is 71.6 Å². The minimum atomic E-state index is -0.335. The Labute approximate surface area is 368 Å². The molecule has 10 aromatic rings. The first-order valence-electron chi connectivity index (χ1n) is 21.1. The Hall–Kier alpha value is -6.74. The number of fused-ring (bicyclic) bond motifs is 10. The van der Waals surface area contributed by atoms with Gasteiger partial charge in [0.25, 0.3) is 0 Å². The van der Waals surface area contributed by atoms with Gasteiger partial charge in [-0.2, -0.15) is 0 Å². The summed E-state index contributed by atoms with van der Waals surface area (Å²) in [5, 5.41) is 8.93. The van der Waals surface area contributed by atoms with Crippen molar-refractivity contribution in [3.8, 4) is 27.9 Å². The lowest BCUT2D eigenvalue weighted by Crippen LogP contribution is -2.55. The van der Waals surface area contributed by atoms with E-state index in [-0.39, 0.29) is 13.0 Å². The average molecular weight is 832 g/mol. The summed E-state index contributed by atoms with van der Waals surface area (Å²) < 4.78 is 5.25. The van der Waals surface area contributed by atoms with Crippen molar-refractivity contribution in [2.75, 3.05) is 12.5 Å². The minimum absolute atomic E-state index is 0.000217. The third-order valence-electron chi connectivity index (χ3n) is 13.3. The van der Waals surface area contributed by atoms with Crippen LogP contribution in [0, 0.1) is 6.92 Å². The highest BCUT2D eigenvalue weighted by molar-refractivity contribution is 7.98. The lowest BCUT2D eigenvalue weighted by Gasteiger charge is -2.36. The molecule has 13 rings (SSSR count). The molecule has 1 atom stereocenters. The molecular weight excluding hydrogens is 794 g/mol. The predicted molar refractivity (Wildman–Crippen MR) is 265 cm³/mol. The molecule has 0 aliphatic carbocycles. The maximum absolute atomic E-state index is 5.27. The normalized spacial score (nSPS) is 15.0. The van der Waals surface area contributed by atoms with Crippen molar-refractivity contribution in [2.24, 2.45) is 9.98 Å². The molecule has 0 amide bonds. The first kappa shape index (κ1) is 36.0. The third-order valence-corrected chi connectivity index (χ3v) is 14.7. The fourth-order valence-electron chi connectivity index (χ4n) is 10.6. The van der Waals surface area contributed by atoms with Crippen LogP contribution in [-0.2, 0) is 0 Å². The fraction of sp³-hybridized carbons (Fsp3) is 0.0741. The molecule has 8 aromatic carbocycles. The van der Waals surface area contributed by atoms with Crippen molar-refractivity contribution in [3.05, 3.63) is 186 Å². The van der Waals surface area contributed by atoms with Gasteiger partial charge in [0.05, 0.1) is 11.0 Å². The molecule has 2 aromatic heterocycles. The number of rotatable bonds is 6. The zero-order chi connectivity index (χ0) is 41.2. The zero-order valence-corrected chi connectivity index (χ0v) is 36.0. The van der Waals surface area contributed by atoms with Gasteiger partial charge in [-0.1, -0.05) is 115 Å². The van der Waals surface area contributed by atoms with E-state index in [1.54, 1.807) is 0 Å². The highest BCUT2D eigenvalue weighted by atomic mass is 32.2. The molecule has 3 aliphatic rings. The summed E-state index contributed by atoms with van der Waals surface area (Å²) in [6, 6.07) is 60.0. The molecule has 0 saturated carbocycles. The highest BCUT2D eigenvalue weighted by Crippen LogP contribution is 2.48. The Morgan fingerprint density at radius 3 is 2.13 bits per heavy atom. The number of hydrogen-bond acceptors (Lipinski definition) is 5. The number of para-hydroxylation sites is 2. The van der Waals surface area contributed by atoms with Crippen LogP contribution in [0.5, 0.6) is 0 Å². The van der Waals surface area contributed by atoms with Crippen LogP contribution in [0.3, 0.4) is 0 Å². The van der Waals surface area contributed by atoms with E-state index in [0.717, 1.165) is 33.9 Å². The number of hydrogen-bond donors (Lipinski definition) is 1. The second-order valence-corrected chi connectivity index (χ2v) is 18.3. The molecule has 62 heavy (non-hydrogen) atoms. The van der Waals surface area contributed by atoms with Crippen LogP contribution in [0.1, 0.15) is 28.4 Å². The Kier molecular flexibility index (Phi) is 7.91. The van der Waals surface area contributed by atoms with E-state index in [0.29, 0.717) is 0 Å².